The molecule has 0 radical (unpaired) electrons. The SMILES string of the molecule is CC(=O)NC1C(O)C(O)C(CO)OC1N(C(=O)OC(C)(C)C)C(CC(N)=O)C(=O)O. The fraction of sp³-hybridized carbons (Fsp3) is 0.765. The molecule has 7 N–H and O–H groups in total. The van der Waals surface area contributed by atoms with E-state index in [2.05, 4.69) is 5.32 Å². The van der Waals surface area contributed by atoms with E-state index >= 15 is 0 Å². The number of ether oxygens (including phenoxy) is 2. The van der Waals surface area contributed by atoms with Crippen molar-refractivity contribution in [1.29, 1.82) is 0 Å². The minimum absolute atomic E-state index is 0.511. The first kappa shape index (κ1) is 25.6. The van der Waals surface area contributed by atoms with E-state index in [0.29, 0.717) is 4.90 Å². The Labute approximate surface area is 172 Å². The van der Waals surface area contributed by atoms with Crippen LogP contribution in [0.2, 0.25) is 0 Å². The number of carbonyl (C=O) groups is 4. The van der Waals surface area contributed by atoms with Crippen molar-refractivity contribution in [2.75, 3.05) is 6.61 Å². The van der Waals surface area contributed by atoms with E-state index in [1.165, 1.54) is 20.8 Å². The van der Waals surface area contributed by atoms with Gasteiger partial charge in [0.25, 0.3) is 0 Å². The van der Waals surface area contributed by atoms with Crippen LogP contribution in [0.4, 0.5) is 4.79 Å². The third-order valence-electron chi connectivity index (χ3n) is 4.16. The molecule has 1 fully saturated rings. The number of carboxylic acid groups (broad SMARTS) is 1. The summed E-state index contributed by atoms with van der Waals surface area (Å²) >= 11 is 0. The average Bonchev–Trinajstić information content (AvgIpc) is 2.57. The second kappa shape index (κ2) is 10.0. The Morgan fingerprint density at radius 3 is 2.17 bits per heavy atom. The van der Waals surface area contributed by atoms with Gasteiger partial charge in [-0.2, -0.15) is 0 Å². The molecule has 172 valence electrons. The second-order valence-corrected chi connectivity index (χ2v) is 7.87. The van der Waals surface area contributed by atoms with Crippen LogP contribution in [0.1, 0.15) is 34.1 Å². The van der Waals surface area contributed by atoms with Crippen molar-refractivity contribution in [2.45, 2.75) is 76.3 Å². The number of aliphatic carboxylic acids is 1. The summed E-state index contributed by atoms with van der Waals surface area (Å²) in [5.41, 5.74) is 4.04. The van der Waals surface area contributed by atoms with E-state index in [0.717, 1.165) is 6.92 Å². The lowest BCUT2D eigenvalue weighted by Gasteiger charge is -2.47. The maximum Gasteiger partial charge on any atom is 0.413 e. The number of amides is 3. The zero-order valence-electron chi connectivity index (χ0n) is 17.1. The normalized spacial score (nSPS) is 27.6. The maximum atomic E-state index is 12.9. The van der Waals surface area contributed by atoms with Crippen LogP contribution in [0, 0.1) is 0 Å². The van der Waals surface area contributed by atoms with Gasteiger partial charge >= 0.3 is 12.1 Å². The summed E-state index contributed by atoms with van der Waals surface area (Å²) in [6.07, 6.45) is -8.64. The summed E-state index contributed by atoms with van der Waals surface area (Å²) in [5, 5.41) is 41.9. The van der Waals surface area contributed by atoms with Gasteiger partial charge in [0, 0.05) is 6.92 Å². The molecule has 1 heterocycles. The first-order chi connectivity index (χ1) is 13.7. The Bertz CT molecular complexity index is 665. The molecule has 1 aliphatic rings. The molecule has 0 aromatic carbocycles. The standard InChI is InChI=1S/C17H29N3O10/c1-7(22)19-11-13(25)12(24)9(6-21)29-14(11)20(16(28)30-17(2,3)4)8(15(26)27)5-10(18)23/h8-9,11-14,21,24-25H,5-6H2,1-4H3,(H2,18,23)(H,19,22)(H,26,27). The van der Waals surface area contributed by atoms with E-state index in [1.54, 1.807) is 0 Å². The quantitative estimate of drug-likeness (QED) is 0.247. The highest BCUT2D eigenvalue weighted by atomic mass is 16.6. The number of nitrogens with zero attached hydrogens (tertiary/aromatic N) is 1. The fourth-order valence-corrected chi connectivity index (χ4v) is 2.94. The molecule has 3 amide bonds. The number of aliphatic hydroxyl groups excluding tert-OH is 3. The van der Waals surface area contributed by atoms with Crippen LogP contribution >= 0.6 is 0 Å². The fourth-order valence-electron chi connectivity index (χ4n) is 2.94. The van der Waals surface area contributed by atoms with Gasteiger partial charge in [0.1, 0.15) is 36.0 Å². The van der Waals surface area contributed by atoms with Gasteiger partial charge in [-0.3, -0.25) is 14.5 Å². The molecule has 1 aliphatic heterocycles. The third kappa shape index (κ3) is 6.52. The van der Waals surface area contributed by atoms with Crippen molar-refractivity contribution in [1.82, 2.24) is 10.2 Å². The first-order valence-corrected chi connectivity index (χ1v) is 9.11. The zero-order valence-corrected chi connectivity index (χ0v) is 17.1. The molecule has 13 nitrogen and oxygen atoms in total. The number of aliphatic hydroxyl groups is 3. The topological polar surface area (TPSA) is 209 Å². The Balaban J connectivity index is 3.53. The molecular weight excluding hydrogens is 406 g/mol. The van der Waals surface area contributed by atoms with Crippen molar-refractivity contribution >= 4 is 23.9 Å². The lowest BCUT2D eigenvalue weighted by molar-refractivity contribution is -0.233. The second-order valence-electron chi connectivity index (χ2n) is 7.87. The predicted molar refractivity (Wildman–Crippen MR) is 98.7 cm³/mol. The summed E-state index contributed by atoms with van der Waals surface area (Å²) in [6.45, 7) is 4.82. The molecule has 0 aromatic rings. The Kier molecular flexibility index (Phi) is 8.53. The highest BCUT2D eigenvalue weighted by molar-refractivity contribution is 5.86. The van der Waals surface area contributed by atoms with E-state index in [9.17, 15) is 39.6 Å². The van der Waals surface area contributed by atoms with Crippen molar-refractivity contribution in [3.63, 3.8) is 0 Å². The number of primary amides is 1. The smallest absolute Gasteiger partial charge is 0.413 e. The van der Waals surface area contributed by atoms with Crippen molar-refractivity contribution < 1.29 is 49.1 Å². The highest BCUT2D eigenvalue weighted by Crippen LogP contribution is 2.28. The number of nitrogens with one attached hydrogen (secondary N) is 1. The molecule has 0 saturated carbocycles. The molecule has 0 spiro atoms. The lowest BCUT2D eigenvalue weighted by atomic mass is 9.94. The van der Waals surface area contributed by atoms with Crippen molar-refractivity contribution in [3.8, 4) is 0 Å². The largest absolute Gasteiger partial charge is 0.480 e. The molecule has 1 rings (SSSR count). The van der Waals surface area contributed by atoms with Gasteiger partial charge in [0.15, 0.2) is 6.23 Å². The monoisotopic (exact) mass is 435 g/mol. The van der Waals surface area contributed by atoms with Crippen LogP contribution in [0.25, 0.3) is 0 Å². The van der Waals surface area contributed by atoms with Crippen LogP contribution in [0.5, 0.6) is 0 Å². The van der Waals surface area contributed by atoms with Crippen LogP contribution in [-0.2, 0) is 23.9 Å². The van der Waals surface area contributed by atoms with Gasteiger partial charge in [0.05, 0.1) is 13.0 Å². The van der Waals surface area contributed by atoms with Crippen LogP contribution in [0.3, 0.4) is 0 Å². The van der Waals surface area contributed by atoms with E-state index in [-0.39, 0.29) is 0 Å². The van der Waals surface area contributed by atoms with Gasteiger partial charge in [-0.25, -0.2) is 9.59 Å². The number of rotatable bonds is 7. The van der Waals surface area contributed by atoms with Crippen molar-refractivity contribution in [2.24, 2.45) is 5.73 Å². The molecule has 13 heteroatoms. The Hall–Kier alpha value is -2.48. The van der Waals surface area contributed by atoms with Gasteiger partial charge in [-0.1, -0.05) is 0 Å². The Morgan fingerprint density at radius 2 is 1.77 bits per heavy atom. The number of carboxylic acids is 1. The van der Waals surface area contributed by atoms with Gasteiger partial charge < -0.3 is 41.0 Å². The van der Waals surface area contributed by atoms with Gasteiger partial charge in [-0.15, -0.1) is 0 Å². The summed E-state index contributed by atoms with van der Waals surface area (Å²) in [5.74, 6) is -3.37. The van der Waals surface area contributed by atoms with E-state index < -0.39 is 79.1 Å². The van der Waals surface area contributed by atoms with Gasteiger partial charge in [0.2, 0.25) is 11.8 Å². The summed E-state index contributed by atoms with van der Waals surface area (Å²) in [4.78, 5) is 48.3. The molecule has 30 heavy (non-hydrogen) atoms. The zero-order chi connectivity index (χ0) is 23.4. The van der Waals surface area contributed by atoms with E-state index in [4.69, 9.17) is 15.2 Å². The molecular formula is C17H29N3O10. The third-order valence-corrected chi connectivity index (χ3v) is 4.16. The minimum Gasteiger partial charge on any atom is -0.480 e. The van der Waals surface area contributed by atoms with Gasteiger partial charge in [-0.05, 0) is 20.8 Å². The summed E-state index contributed by atoms with van der Waals surface area (Å²) in [6, 6.07) is -3.40. The number of hydrogen-bond donors (Lipinski definition) is 6. The summed E-state index contributed by atoms with van der Waals surface area (Å²) in [7, 11) is 0. The van der Waals surface area contributed by atoms with Crippen LogP contribution in [-0.4, -0.2) is 98.0 Å². The summed E-state index contributed by atoms with van der Waals surface area (Å²) < 4.78 is 10.7. The first-order valence-electron chi connectivity index (χ1n) is 9.11. The number of hydrogen-bond acceptors (Lipinski definition) is 9. The number of carbonyl (C=O) groups excluding carboxylic acids is 3. The predicted octanol–water partition coefficient (Wildman–Crippen LogP) is -2.50. The average molecular weight is 435 g/mol. The molecule has 0 bridgehead atoms. The molecule has 6 unspecified atom stereocenters. The minimum atomic E-state index is -1.89. The molecule has 0 aromatic heterocycles. The van der Waals surface area contributed by atoms with Crippen molar-refractivity contribution in [3.05, 3.63) is 0 Å². The number of nitrogens with two attached hydrogens (primary N) is 1. The van der Waals surface area contributed by atoms with E-state index in [1.807, 2.05) is 0 Å². The molecule has 6 atom stereocenters. The molecule has 0 aliphatic carbocycles. The highest BCUT2D eigenvalue weighted by Gasteiger charge is 2.51. The lowest BCUT2D eigenvalue weighted by Crippen LogP contribution is -2.70. The van der Waals surface area contributed by atoms with Crippen LogP contribution < -0.4 is 11.1 Å². The molecule has 1 saturated heterocycles. The van der Waals surface area contributed by atoms with Crippen LogP contribution in [0.15, 0.2) is 0 Å². The maximum absolute atomic E-state index is 12.9. The Morgan fingerprint density at radius 1 is 1.20 bits per heavy atom.